The maximum Gasteiger partial charge on any atom is 0.137 e. The van der Waals surface area contributed by atoms with Crippen LogP contribution in [0, 0.1) is 13.8 Å². The second-order valence-corrected chi connectivity index (χ2v) is 4.76. The summed E-state index contributed by atoms with van der Waals surface area (Å²) in [5.74, 6) is 0.372. The van der Waals surface area contributed by atoms with Crippen LogP contribution in [0.4, 0.5) is 0 Å². The summed E-state index contributed by atoms with van der Waals surface area (Å²) in [5, 5.41) is 1.27. The summed E-state index contributed by atoms with van der Waals surface area (Å²) in [6.07, 6.45) is 2.23. The molecule has 0 fully saturated rings. The van der Waals surface area contributed by atoms with E-state index in [2.05, 4.69) is 31.0 Å². The quantitative estimate of drug-likeness (QED) is 0.717. The normalized spacial score (nSPS) is 15.5. The van der Waals surface area contributed by atoms with Gasteiger partial charge in [-0.05, 0) is 49.1 Å². The number of hydrogen-bond acceptors (Lipinski definition) is 1. The second kappa shape index (κ2) is 3.21. The molecule has 0 atom stereocenters. The van der Waals surface area contributed by atoms with Gasteiger partial charge in [0, 0.05) is 29.4 Å². The molecule has 0 saturated heterocycles. The summed E-state index contributed by atoms with van der Waals surface area (Å²) in [6.45, 7) is 4.23. The lowest BCUT2D eigenvalue weighted by Gasteiger charge is -2.14. The summed E-state index contributed by atoms with van der Waals surface area (Å²) in [4.78, 5) is 14.8. The maximum atomic E-state index is 11.4. The molecule has 2 heteroatoms. The molecule has 16 heavy (non-hydrogen) atoms. The highest BCUT2D eigenvalue weighted by atomic mass is 16.1. The van der Waals surface area contributed by atoms with Crippen LogP contribution in [0.2, 0.25) is 0 Å². The van der Waals surface area contributed by atoms with Gasteiger partial charge in [0.15, 0.2) is 0 Å². The van der Waals surface area contributed by atoms with Crippen molar-refractivity contribution in [3.8, 4) is 0 Å². The van der Waals surface area contributed by atoms with Gasteiger partial charge in [0.05, 0.1) is 0 Å². The van der Waals surface area contributed by atoms with Crippen molar-refractivity contribution in [1.29, 1.82) is 0 Å². The number of aromatic amines is 1. The van der Waals surface area contributed by atoms with Crippen LogP contribution in [0.3, 0.4) is 0 Å². The molecule has 1 aliphatic rings. The van der Waals surface area contributed by atoms with Crippen LogP contribution < -0.4 is 0 Å². The number of ketones is 1. The number of rotatable bonds is 0. The minimum absolute atomic E-state index is 0.372. The number of benzene rings is 1. The SMILES string of the molecule is Cc1[nH]c2cc3c(cc2c1C)CC(=O)CC3. The number of fused-ring (bicyclic) bond motifs is 2. The van der Waals surface area contributed by atoms with E-state index in [1.54, 1.807) is 0 Å². The predicted octanol–water partition coefficient (Wildman–Crippen LogP) is 2.84. The summed E-state index contributed by atoms with van der Waals surface area (Å²) in [6, 6.07) is 4.41. The lowest BCUT2D eigenvalue weighted by molar-refractivity contribution is -0.118. The fourth-order valence-electron chi connectivity index (χ4n) is 2.57. The van der Waals surface area contributed by atoms with E-state index in [0.29, 0.717) is 18.6 Å². The summed E-state index contributed by atoms with van der Waals surface area (Å²) in [5.41, 5.74) is 6.31. The van der Waals surface area contributed by atoms with Gasteiger partial charge in [0.2, 0.25) is 0 Å². The standard InChI is InChI=1S/C14H15NO/c1-8-9(2)15-14-7-10-3-4-12(16)5-11(10)6-13(8)14/h6-7,15H,3-5H2,1-2H3. The average molecular weight is 213 g/mol. The second-order valence-electron chi connectivity index (χ2n) is 4.76. The minimum Gasteiger partial charge on any atom is -0.358 e. The van der Waals surface area contributed by atoms with Crippen molar-refractivity contribution < 1.29 is 4.79 Å². The van der Waals surface area contributed by atoms with Crippen LogP contribution in [0.15, 0.2) is 12.1 Å². The highest BCUT2D eigenvalue weighted by Gasteiger charge is 2.17. The molecule has 1 heterocycles. The van der Waals surface area contributed by atoms with E-state index in [0.717, 1.165) is 6.42 Å². The van der Waals surface area contributed by atoms with Crippen molar-refractivity contribution in [2.24, 2.45) is 0 Å². The van der Waals surface area contributed by atoms with Gasteiger partial charge in [-0.15, -0.1) is 0 Å². The molecule has 2 aromatic rings. The van der Waals surface area contributed by atoms with Crippen LogP contribution in [0.25, 0.3) is 10.9 Å². The Morgan fingerprint density at radius 2 is 1.94 bits per heavy atom. The molecule has 1 aromatic heterocycles. The zero-order chi connectivity index (χ0) is 11.3. The molecule has 1 aliphatic carbocycles. The smallest absolute Gasteiger partial charge is 0.137 e. The number of aromatic nitrogens is 1. The lowest BCUT2D eigenvalue weighted by atomic mass is 9.89. The zero-order valence-corrected chi connectivity index (χ0v) is 9.68. The first-order chi connectivity index (χ1) is 7.65. The lowest BCUT2D eigenvalue weighted by Crippen LogP contribution is -2.12. The number of carbonyl (C=O) groups is 1. The van der Waals surface area contributed by atoms with Gasteiger partial charge in [-0.3, -0.25) is 4.79 Å². The van der Waals surface area contributed by atoms with Crippen molar-refractivity contribution in [1.82, 2.24) is 4.98 Å². The molecule has 1 aromatic carbocycles. The van der Waals surface area contributed by atoms with Crippen LogP contribution in [0.5, 0.6) is 0 Å². The average Bonchev–Trinajstić information content (AvgIpc) is 2.52. The Labute approximate surface area is 94.7 Å². The Kier molecular flexibility index (Phi) is 1.93. The van der Waals surface area contributed by atoms with Gasteiger partial charge in [0.25, 0.3) is 0 Å². The topological polar surface area (TPSA) is 32.9 Å². The molecule has 82 valence electrons. The van der Waals surface area contributed by atoms with Crippen molar-refractivity contribution in [3.63, 3.8) is 0 Å². The van der Waals surface area contributed by atoms with E-state index in [1.807, 2.05) is 0 Å². The zero-order valence-electron chi connectivity index (χ0n) is 9.68. The molecular formula is C14H15NO. The molecule has 0 spiro atoms. The first-order valence-electron chi connectivity index (χ1n) is 5.77. The number of H-pyrrole nitrogens is 1. The van der Waals surface area contributed by atoms with Gasteiger partial charge < -0.3 is 4.98 Å². The number of nitrogens with one attached hydrogen (secondary N) is 1. The van der Waals surface area contributed by atoms with Crippen LogP contribution in [-0.2, 0) is 17.6 Å². The number of aryl methyl sites for hydroxylation is 3. The van der Waals surface area contributed by atoms with Gasteiger partial charge >= 0.3 is 0 Å². The molecule has 0 aliphatic heterocycles. The Balaban J connectivity index is 2.27. The maximum absolute atomic E-state index is 11.4. The minimum atomic E-state index is 0.372. The molecule has 3 rings (SSSR count). The Morgan fingerprint density at radius 1 is 1.12 bits per heavy atom. The molecule has 0 amide bonds. The molecule has 0 bridgehead atoms. The van der Waals surface area contributed by atoms with E-state index in [4.69, 9.17) is 0 Å². The van der Waals surface area contributed by atoms with Crippen molar-refractivity contribution in [3.05, 3.63) is 34.5 Å². The van der Waals surface area contributed by atoms with Crippen molar-refractivity contribution in [2.75, 3.05) is 0 Å². The van der Waals surface area contributed by atoms with Gasteiger partial charge in [0.1, 0.15) is 5.78 Å². The monoisotopic (exact) mass is 213 g/mol. The highest BCUT2D eigenvalue weighted by Crippen LogP contribution is 2.28. The molecule has 2 nitrogen and oxygen atoms in total. The summed E-state index contributed by atoms with van der Waals surface area (Å²) >= 11 is 0. The van der Waals surface area contributed by atoms with Crippen molar-refractivity contribution >= 4 is 16.7 Å². The van der Waals surface area contributed by atoms with Gasteiger partial charge in [-0.1, -0.05) is 0 Å². The van der Waals surface area contributed by atoms with Crippen LogP contribution in [0.1, 0.15) is 28.8 Å². The van der Waals surface area contributed by atoms with E-state index < -0.39 is 0 Å². The van der Waals surface area contributed by atoms with E-state index in [9.17, 15) is 4.79 Å². The number of hydrogen-bond donors (Lipinski definition) is 1. The highest BCUT2D eigenvalue weighted by molar-refractivity contribution is 5.90. The van der Waals surface area contributed by atoms with Crippen LogP contribution >= 0.6 is 0 Å². The summed E-state index contributed by atoms with van der Waals surface area (Å²) < 4.78 is 0. The Bertz CT molecular complexity index is 592. The largest absolute Gasteiger partial charge is 0.358 e. The third-order valence-corrected chi connectivity index (χ3v) is 3.69. The van der Waals surface area contributed by atoms with E-state index >= 15 is 0 Å². The molecule has 0 radical (unpaired) electrons. The van der Waals surface area contributed by atoms with Gasteiger partial charge in [-0.2, -0.15) is 0 Å². The summed E-state index contributed by atoms with van der Waals surface area (Å²) in [7, 11) is 0. The fraction of sp³-hybridized carbons (Fsp3) is 0.357. The van der Waals surface area contributed by atoms with E-state index in [-0.39, 0.29) is 0 Å². The molecule has 0 saturated carbocycles. The van der Waals surface area contributed by atoms with Crippen molar-refractivity contribution in [2.45, 2.75) is 33.1 Å². The fourth-order valence-corrected chi connectivity index (χ4v) is 2.57. The molecular weight excluding hydrogens is 198 g/mol. The number of Topliss-reactive ketones (excluding diaryl/α,β-unsaturated/α-hetero) is 1. The van der Waals surface area contributed by atoms with Crippen LogP contribution in [-0.4, -0.2) is 10.8 Å². The molecule has 1 N–H and O–H groups in total. The Morgan fingerprint density at radius 3 is 2.75 bits per heavy atom. The first-order valence-corrected chi connectivity index (χ1v) is 5.77. The molecule has 0 unspecified atom stereocenters. The third kappa shape index (κ3) is 1.29. The Hall–Kier alpha value is -1.57. The predicted molar refractivity (Wildman–Crippen MR) is 64.8 cm³/mol. The van der Waals surface area contributed by atoms with Gasteiger partial charge in [-0.25, -0.2) is 0 Å². The first kappa shape index (κ1) is 9.64. The third-order valence-electron chi connectivity index (χ3n) is 3.69. The van der Waals surface area contributed by atoms with E-state index in [1.165, 1.54) is 33.3 Å². The number of carbonyl (C=O) groups excluding carboxylic acids is 1.